The van der Waals surface area contributed by atoms with Gasteiger partial charge in [0.1, 0.15) is 6.10 Å². The summed E-state index contributed by atoms with van der Waals surface area (Å²) in [5.74, 6) is -0.0800. The first kappa shape index (κ1) is 14.4. The van der Waals surface area contributed by atoms with E-state index in [1.807, 2.05) is 6.92 Å². The molecule has 3 N–H and O–H groups in total. The van der Waals surface area contributed by atoms with Gasteiger partial charge in [-0.15, -0.1) is 0 Å². The fourth-order valence-electron chi connectivity index (χ4n) is 1.67. The van der Waals surface area contributed by atoms with Crippen LogP contribution in [0.3, 0.4) is 0 Å². The Morgan fingerprint density at radius 1 is 1.59 bits per heavy atom. The normalized spacial score (nSPS) is 23.4. The molecule has 3 atom stereocenters. The molecule has 1 heterocycles. The van der Waals surface area contributed by atoms with Crippen LogP contribution in [0.15, 0.2) is 0 Å². The van der Waals surface area contributed by atoms with Crippen molar-refractivity contribution in [2.24, 2.45) is 5.73 Å². The van der Waals surface area contributed by atoms with E-state index in [0.29, 0.717) is 13.2 Å². The van der Waals surface area contributed by atoms with Crippen molar-refractivity contribution in [1.82, 2.24) is 5.32 Å². The van der Waals surface area contributed by atoms with Crippen LogP contribution in [0.25, 0.3) is 0 Å². The van der Waals surface area contributed by atoms with Gasteiger partial charge in [0.25, 0.3) is 0 Å². The van der Waals surface area contributed by atoms with E-state index in [0.717, 1.165) is 25.9 Å². The Bertz CT molecular complexity index is 228. The Morgan fingerprint density at radius 2 is 2.35 bits per heavy atom. The van der Waals surface area contributed by atoms with Crippen molar-refractivity contribution in [3.05, 3.63) is 0 Å². The lowest BCUT2D eigenvalue weighted by molar-refractivity contribution is -0.133. The maximum atomic E-state index is 11.6. The van der Waals surface area contributed by atoms with Gasteiger partial charge in [0.15, 0.2) is 0 Å². The summed E-state index contributed by atoms with van der Waals surface area (Å²) in [6, 6.07) is 0.110. The number of carbonyl (C=O) groups excluding carboxylic acids is 1. The molecule has 0 aromatic heterocycles. The zero-order chi connectivity index (χ0) is 12.7. The Morgan fingerprint density at radius 3 is 2.94 bits per heavy atom. The third kappa shape index (κ3) is 6.00. The third-order valence-electron chi connectivity index (χ3n) is 2.82. The van der Waals surface area contributed by atoms with Crippen molar-refractivity contribution in [3.63, 3.8) is 0 Å². The summed E-state index contributed by atoms with van der Waals surface area (Å²) in [6.45, 7) is 5.59. The molecule has 1 saturated heterocycles. The maximum Gasteiger partial charge on any atom is 0.248 e. The summed E-state index contributed by atoms with van der Waals surface area (Å²) in [5, 5.41) is 2.80. The molecule has 1 aliphatic rings. The zero-order valence-corrected chi connectivity index (χ0v) is 10.8. The second kappa shape index (κ2) is 7.63. The van der Waals surface area contributed by atoms with Crippen molar-refractivity contribution in [1.29, 1.82) is 0 Å². The van der Waals surface area contributed by atoms with Crippen LogP contribution >= 0.6 is 0 Å². The molecular formula is C12H24N2O3. The van der Waals surface area contributed by atoms with Gasteiger partial charge in [-0.05, 0) is 33.1 Å². The van der Waals surface area contributed by atoms with E-state index in [1.165, 1.54) is 0 Å². The molecule has 0 aliphatic carbocycles. The number of carbonyl (C=O) groups is 1. The highest BCUT2D eigenvalue weighted by molar-refractivity contribution is 5.80. The van der Waals surface area contributed by atoms with Gasteiger partial charge < -0.3 is 20.5 Å². The standard InChI is InChI=1S/C12H24N2O3/c1-9(13)5-6-14-12(15)10(2)17-8-11-4-3-7-16-11/h9-11H,3-8,13H2,1-2H3,(H,14,15). The van der Waals surface area contributed by atoms with Gasteiger partial charge in [0.05, 0.1) is 12.7 Å². The molecule has 17 heavy (non-hydrogen) atoms. The van der Waals surface area contributed by atoms with Crippen LogP contribution in [0.1, 0.15) is 33.1 Å². The summed E-state index contributed by atoms with van der Waals surface area (Å²) in [4.78, 5) is 11.6. The zero-order valence-electron chi connectivity index (χ0n) is 10.8. The van der Waals surface area contributed by atoms with Gasteiger partial charge in [-0.25, -0.2) is 0 Å². The highest BCUT2D eigenvalue weighted by Crippen LogP contribution is 2.12. The van der Waals surface area contributed by atoms with Crippen molar-refractivity contribution >= 4 is 5.91 Å². The number of nitrogens with two attached hydrogens (primary N) is 1. The van der Waals surface area contributed by atoms with E-state index in [9.17, 15) is 4.79 Å². The molecular weight excluding hydrogens is 220 g/mol. The molecule has 0 aromatic carbocycles. The average molecular weight is 244 g/mol. The molecule has 3 unspecified atom stereocenters. The van der Waals surface area contributed by atoms with Crippen molar-refractivity contribution in [3.8, 4) is 0 Å². The smallest absolute Gasteiger partial charge is 0.248 e. The Hall–Kier alpha value is -0.650. The van der Waals surface area contributed by atoms with Crippen LogP contribution in [0.5, 0.6) is 0 Å². The molecule has 1 aliphatic heterocycles. The van der Waals surface area contributed by atoms with E-state index in [4.69, 9.17) is 15.2 Å². The second-order valence-electron chi connectivity index (χ2n) is 4.67. The Balaban J connectivity index is 2.08. The average Bonchev–Trinajstić information content (AvgIpc) is 2.78. The second-order valence-corrected chi connectivity index (χ2v) is 4.67. The number of hydrogen-bond donors (Lipinski definition) is 2. The quantitative estimate of drug-likeness (QED) is 0.681. The summed E-state index contributed by atoms with van der Waals surface area (Å²) in [6.07, 6.45) is 2.63. The number of rotatable bonds is 7. The molecule has 1 fully saturated rings. The summed E-state index contributed by atoms with van der Waals surface area (Å²) in [5.41, 5.74) is 5.60. The topological polar surface area (TPSA) is 73.6 Å². The first-order valence-electron chi connectivity index (χ1n) is 6.36. The van der Waals surface area contributed by atoms with Crippen LogP contribution in [0.4, 0.5) is 0 Å². The molecule has 0 bridgehead atoms. The Kier molecular flexibility index (Phi) is 6.47. The molecule has 0 radical (unpaired) electrons. The molecule has 0 saturated carbocycles. The number of hydrogen-bond acceptors (Lipinski definition) is 4. The first-order valence-corrected chi connectivity index (χ1v) is 6.36. The fraction of sp³-hybridized carbons (Fsp3) is 0.917. The molecule has 100 valence electrons. The van der Waals surface area contributed by atoms with Gasteiger partial charge in [-0.2, -0.15) is 0 Å². The largest absolute Gasteiger partial charge is 0.376 e. The lowest BCUT2D eigenvalue weighted by Gasteiger charge is -2.16. The molecule has 0 spiro atoms. The van der Waals surface area contributed by atoms with Crippen molar-refractivity contribution in [2.75, 3.05) is 19.8 Å². The Labute approximate surface area is 103 Å². The predicted octanol–water partition coefficient (Wildman–Crippen LogP) is 0.424. The van der Waals surface area contributed by atoms with Gasteiger partial charge in [0, 0.05) is 19.2 Å². The minimum absolute atomic E-state index is 0.0800. The molecule has 0 aromatic rings. The predicted molar refractivity (Wildman–Crippen MR) is 65.7 cm³/mol. The monoisotopic (exact) mass is 244 g/mol. The van der Waals surface area contributed by atoms with E-state index < -0.39 is 6.10 Å². The van der Waals surface area contributed by atoms with E-state index >= 15 is 0 Å². The van der Waals surface area contributed by atoms with E-state index in [1.54, 1.807) is 6.92 Å². The van der Waals surface area contributed by atoms with E-state index in [-0.39, 0.29) is 18.1 Å². The van der Waals surface area contributed by atoms with Gasteiger partial charge in [0.2, 0.25) is 5.91 Å². The van der Waals surface area contributed by atoms with Crippen LogP contribution in [-0.4, -0.2) is 43.9 Å². The third-order valence-corrected chi connectivity index (χ3v) is 2.82. The SMILES string of the molecule is CC(N)CCNC(=O)C(C)OCC1CCCO1. The number of amides is 1. The minimum Gasteiger partial charge on any atom is -0.376 e. The molecule has 1 amide bonds. The molecule has 5 nitrogen and oxygen atoms in total. The van der Waals surface area contributed by atoms with Gasteiger partial charge in [-0.3, -0.25) is 4.79 Å². The van der Waals surface area contributed by atoms with Gasteiger partial charge >= 0.3 is 0 Å². The van der Waals surface area contributed by atoms with Crippen LogP contribution in [0, 0.1) is 0 Å². The minimum atomic E-state index is -0.424. The van der Waals surface area contributed by atoms with Gasteiger partial charge in [-0.1, -0.05) is 0 Å². The molecule has 1 rings (SSSR count). The lowest BCUT2D eigenvalue weighted by Crippen LogP contribution is -2.37. The van der Waals surface area contributed by atoms with Crippen molar-refractivity contribution < 1.29 is 14.3 Å². The maximum absolute atomic E-state index is 11.6. The first-order chi connectivity index (χ1) is 8.09. The van der Waals surface area contributed by atoms with E-state index in [2.05, 4.69) is 5.32 Å². The summed E-state index contributed by atoms with van der Waals surface area (Å²) in [7, 11) is 0. The highest BCUT2D eigenvalue weighted by atomic mass is 16.5. The highest BCUT2D eigenvalue weighted by Gasteiger charge is 2.19. The summed E-state index contributed by atoms with van der Waals surface area (Å²) < 4.78 is 10.9. The fourth-order valence-corrected chi connectivity index (χ4v) is 1.67. The molecule has 5 heteroatoms. The van der Waals surface area contributed by atoms with Crippen LogP contribution in [0.2, 0.25) is 0 Å². The van der Waals surface area contributed by atoms with Crippen LogP contribution in [-0.2, 0) is 14.3 Å². The summed E-state index contributed by atoms with van der Waals surface area (Å²) >= 11 is 0. The van der Waals surface area contributed by atoms with Crippen molar-refractivity contribution in [2.45, 2.75) is 51.4 Å². The number of ether oxygens (including phenoxy) is 2. The lowest BCUT2D eigenvalue weighted by atomic mass is 10.2. The van der Waals surface area contributed by atoms with Crippen LogP contribution < -0.4 is 11.1 Å². The number of nitrogens with one attached hydrogen (secondary N) is 1.